The van der Waals surface area contributed by atoms with Crippen LogP contribution in [0, 0.1) is 5.82 Å². The van der Waals surface area contributed by atoms with Crippen LogP contribution in [0.25, 0.3) is 0 Å². The lowest BCUT2D eigenvalue weighted by Gasteiger charge is -2.03. The van der Waals surface area contributed by atoms with E-state index in [1.807, 2.05) is 23.6 Å². The highest BCUT2D eigenvalue weighted by molar-refractivity contribution is 8.00. The normalized spacial score (nSPS) is 10.8. The first-order valence-corrected chi connectivity index (χ1v) is 12.0. The van der Waals surface area contributed by atoms with Crippen LogP contribution in [-0.2, 0) is 18.8 Å². The van der Waals surface area contributed by atoms with Crippen molar-refractivity contribution in [3.05, 3.63) is 82.1 Å². The van der Waals surface area contributed by atoms with Gasteiger partial charge in [-0.3, -0.25) is 0 Å². The van der Waals surface area contributed by atoms with Gasteiger partial charge in [-0.25, -0.2) is 9.37 Å². The van der Waals surface area contributed by atoms with Crippen LogP contribution in [0.5, 0.6) is 5.75 Å². The van der Waals surface area contributed by atoms with Gasteiger partial charge < -0.3 is 10.1 Å². The van der Waals surface area contributed by atoms with Gasteiger partial charge in [-0.1, -0.05) is 53.4 Å². The van der Waals surface area contributed by atoms with E-state index >= 15 is 0 Å². The van der Waals surface area contributed by atoms with Crippen molar-refractivity contribution in [2.45, 2.75) is 23.1 Å². The van der Waals surface area contributed by atoms with E-state index in [0.29, 0.717) is 12.4 Å². The molecular weight excluding hydrogens is 439 g/mol. The van der Waals surface area contributed by atoms with Gasteiger partial charge in [0.05, 0.1) is 5.69 Å². The molecule has 0 radical (unpaired) electrons. The fourth-order valence-electron chi connectivity index (χ4n) is 2.59. The zero-order valence-corrected chi connectivity index (χ0v) is 18.4. The Kier molecular flexibility index (Phi) is 7.28. The quantitative estimate of drug-likeness (QED) is 0.310. The number of thioether (sulfide) groups is 1. The number of thiazole rings is 1. The monoisotopic (exact) mass is 458 g/mol. The second-order valence-corrected chi connectivity index (χ2v) is 9.44. The van der Waals surface area contributed by atoms with E-state index in [2.05, 4.69) is 32.6 Å². The molecule has 0 saturated heterocycles. The summed E-state index contributed by atoms with van der Waals surface area (Å²) in [6, 6.07) is 16.3. The van der Waals surface area contributed by atoms with Crippen molar-refractivity contribution in [1.29, 1.82) is 0 Å². The Morgan fingerprint density at radius 2 is 1.87 bits per heavy atom. The molecule has 0 saturated carbocycles. The Morgan fingerprint density at radius 3 is 2.70 bits per heavy atom. The summed E-state index contributed by atoms with van der Waals surface area (Å²) < 4.78 is 19.5. The summed E-state index contributed by atoms with van der Waals surface area (Å²) in [6.45, 7) is 1.20. The molecule has 0 aliphatic rings. The number of nitrogens with one attached hydrogen (secondary N) is 1. The number of hydrogen-bond acceptors (Lipinski definition) is 8. The summed E-state index contributed by atoms with van der Waals surface area (Å²) in [5.74, 6) is 1.08. The van der Waals surface area contributed by atoms with Gasteiger partial charge in [0.25, 0.3) is 0 Å². The first kappa shape index (κ1) is 20.8. The highest BCUT2D eigenvalue weighted by Crippen LogP contribution is 2.29. The molecule has 0 spiro atoms. The molecule has 0 amide bonds. The predicted octanol–water partition coefficient (Wildman–Crippen LogP) is 5.66. The Balaban J connectivity index is 1.20. The van der Waals surface area contributed by atoms with Crippen molar-refractivity contribution in [2.24, 2.45) is 0 Å². The van der Waals surface area contributed by atoms with E-state index in [9.17, 15) is 4.39 Å². The summed E-state index contributed by atoms with van der Waals surface area (Å²) in [5.41, 5.74) is 2.28. The number of rotatable bonds is 10. The standard InChI is InChI=1S/C21H19FN4OS3/c22-16-6-8-18(9-7-16)27-12-19-24-17(13-28-19)14-29-21-26-25-20(30-21)23-11-10-15-4-2-1-3-5-15/h1-9,13H,10-12,14H2,(H,23,25). The Morgan fingerprint density at radius 1 is 1.03 bits per heavy atom. The topological polar surface area (TPSA) is 59.9 Å². The zero-order chi connectivity index (χ0) is 20.6. The second kappa shape index (κ2) is 10.5. The number of aromatic nitrogens is 3. The Hall–Kier alpha value is -2.49. The molecule has 2 aromatic carbocycles. The summed E-state index contributed by atoms with van der Waals surface area (Å²) in [6.07, 6.45) is 0.949. The van der Waals surface area contributed by atoms with E-state index in [-0.39, 0.29) is 5.82 Å². The van der Waals surface area contributed by atoms with Crippen LogP contribution in [0.4, 0.5) is 9.52 Å². The molecule has 9 heteroatoms. The lowest BCUT2D eigenvalue weighted by Crippen LogP contribution is -2.04. The maximum Gasteiger partial charge on any atom is 0.206 e. The van der Waals surface area contributed by atoms with Gasteiger partial charge in [-0.05, 0) is 36.2 Å². The van der Waals surface area contributed by atoms with Gasteiger partial charge in [0.2, 0.25) is 5.13 Å². The van der Waals surface area contributed by atoms with Crippen molar-refractivity contribution >= 4 is 39.6 Å². The Labute approximate surface area is 186 Å². The molecule has 4 rings (SSSR count). The fraction of sp³-hybridized carbons (Fsp3) is 0.190. The van der Waals surface area contributed by atoms with Crippen molar-refractivity contribution in [1.82, 2.24) is 15.2 Å². The number of benzene rings is 2. The molecule has 0 unspecified atom stereocenters. The van der Waals surface area contributed by atoms with Crippen LogP contribution in [0.1, 0.15) is 16.3 Å². The van der Waals surface area contributed by atoms with E-state index in [4.69, 9.17) is 4.74 Å². The summed E-state index contributed by atoms with van der Waals surface area (Å²) in [4.78, 5) is 4.59. The third kappa shape index (κ3) is 6.25. The number of ether oxygens (including phenoxy) is 1. The van der Waals surface area contributed by atoms with Gasteiger partial charge >= 0.3 is 0 Å². The highest BCUT2D eigenvalue weighted by Gasteiger charge is 2.08. The van der Waals surface area contributed by atoms with Gasteiger partial charge in [-0.2, -0.15) is 0 Å². The third-order valence-electron chi connectivity index (χ3n) is 4.06. The van der Waals surface area contributed by atoms with Crippen molar-refractivity contribution in [2.75, 3.05) is 11.9 Å². The lowest BCUT2D eigenvalue weighted by atomic mass is 10.2. The van der Waals surface area contributed by atoms with Crippen LogP contribution >= 0.6 is 34.4 Å². The van der Waals surface area contributed by atoms with E-state index in [0.717, 1.165) is 38.9 Å². The molecule has 5 nitrogen and oxygen atoms in total. The van der Waals surface area contributed by atoms with E-state index in [1.54, 1.807) is 46.6 Å². The molecule has 1 N–H and O–H groups in total. The second-order valence-electron chi connectivity index (χ2n) is 6.30. The molecule has 0 atom stereocenters. The zero-order valence-electron chi connectivity index (χ0n) is 16.0. The van der Waals surface area contributed by atoms with E-state index < -0.39 is 0 Å². The van der Waals surface area contributed by atoms with Crippen LogP contribution in [-0.4, -0.2) is 21.7 Å². The molecule has 0 aliphatic carbocycles. The largest absolute Gasteiger partial charge is 0.486 e. The van der Waals surface area contributed by atoms with Gasteiger partial charge in [0.1, 0.15) is 23.2 Å². The molecule has 2 aromatic heterocycles. The fourth-order valence-corrected chi connectivity index (χ4v) is 5.07. The highest BCUT2D eigenvalue weighted by atomic mass is 32.2. The third-order valence-corrected chi connectivity index (χ3v) is 6.98. The molecule has 0 bridgehead atoms. The molecular formula is C21H19FN4OS3. The smallest absolute Gasteiger partial charge is 0.206 e. The average Bonchev–Trinajstić information content (AvgIpc) is 3.42. The van der Waals surface area contributed by atoms with Crippen LogP contribution in [0.3, 0.4) is 0 Å². The summed E-state index contributed by atoms with van der Waals surface area (Å²) in [7, 11) is 0. The summed E-state index contributed by atoms with van der Waals surface area (Å²) >= 11 is 4.73. The number of halogens is 1. The number of hydrogen-bond donors (Lipinski definition) is 1. The summed E-state index contributed by atoms with van der Waals surface area (Å²) in [5, 5.41) is 15.5. The van der Waals surface area contributed by atoms with Gasteiger partial charge in [-0.15, -0.1) is 21.5 Å². The SMILES string of the molecule is Fc1ccc(OCc2nc(CSc3nnc(NCCc4ccccc4)s3)cs2)cc1. The molecule has 0 fully saturated rings. The van der Waals surface area contributed by atoms with Crippen molar-refractivity contribution < 1.29 is 9.13 Å². The first-order valence-electron chi connectivity index (χ1n) is 9.30. The molecule has 2 heterocycles. The molecule has 30 heavy (non-hydrogen) atoms. The number of nitrogens with zero attached hydrogens (tertiary/aromatic N) is 3. The number of anilines is 1. The minimum atomic E-state index is -0.276. The molecule has 0 aliphatic heterocycles. The Bertz CT molecular complexity index is 1050. The van der Waals surface area contributed by atoms with E-state index in [1.165, 1.54) is 17.7 Å². The van der Waals surface area contributed by atoms with Gasteiger partial charge in [0.15, 0.2) is 4.34 Å². The maximum absolute atomic E-state index is 12.9. The lowest BCUT2D eigenvalue weighted by molar-refractivity contribution is 0.305. The molecule has 4 aromatic rings. The van der Waals surface area contributed by atoms with Crippen LogP contribution < -0.4 is 10.1 Å². The van der Waals surface area contributed by atoms with Crippen LogP contribution in [0.2, 0.25) is 0 Å². The van der Waals surface area contributed by atoms with Crippen molar-refractivity contribution in [3.8, 4) is 5.75 Å². The minimum Gasteiger partial charge on any atom is -0.486 e. The van der Waals surface area contributed by atoms with Crippen LogP contribution in [0.15, 0.2) is 64.3 Å². The van der Waals surface area contributed by atoms with Crippen molar-refractivity contribution in [3.63, 3.8) is 0 Å². The minimum absolute atomic E-state index is 0.276. The average molecular weight is 459 g/mol. The first-order chi connectivity index (χ1) is 14.7. The molecule has 154 valence electrons. The maximum atomic E-state index is 12.9. The predicted molar refractivity (Wildman–Crippen MR) is 121 cm³/mol. The van der Waals surface area contributed by atoms with Gasteiger partial charge in [0, 0.05) is 17.7 Å².